The topological polar surface area (TPSA) is 49.8 Å². The number of rotatable bonds is 6. The molecule has 1 N–H and O–H groups in total. The van der Waals surface area contributed by atoms with E-state index >= 15 is 0 Å². The Morgan fingerprint density at radius 1 is 0.968 bits per heavy atom. The van der Waals surface area contributed by atoms with Crippen LogP contribution < -0.4 is 4.74 Å². The third-order valence-electron chi connectivity index (χ3n) is 5.87. The van der Waals surface area contributed by atoms with Crippen molar-refractivity contribution in [3.63, 3.8) is 0 Å². The Bertz CT molecular complexity index is 1000. The van der Waals surface area contributed by atoms with Crippen molar-refractivity contribution < 1.29 is 14.6 Å². The Morgan fingerprint density at radius 2 is 1.61 bits per heavy atom. The molecule has 0 spiro atoms. The number of carbonyl (C=O) groups is 1. The van der Waals surface area contributed by atoms with E-state index in [4.69, 9.17) is 16.3 Å². The summed E-state index contributed by atoms with van der Waals surface area (Å²) in [6.07, 6.45) is 1.06. The molecule has 0 saturated carbocycles. The molecular formula is C26H26ClNO3. The van der Waals surface area contributed by atoms with E-state index in [0.717, 1.165) is 29.5 Å². The van der Waals surface area contributed by atoms with Crippen molar-refractivity contribution in [2.45, 2.75) is 18.9 Å². The Morgan fingerprint density at radius 3 is 2.26 bits per heavy atom. The normalized spacial score (nSPS) is 15.5. The molecule has 4 rings (SSSR count). The standard InChI is InChI=1S/C26H26ClNO3/c27-23-17-22(19-7-3-1-4-8-19)11-12-24(23)31-18-25(29)28-15-13-21(14-16-28)26(30)20-9-5-2-6-10-20/h1-12,17,21,26,30H,13-16,18H2. The van der Waals surface area contributed by atoms with Crippen molar-refractivity contribution in [1.29, 1.82) is 0 Å². The SMILES string of the molecule is O=C(COc1ccc(-c2ccccc2)cc1Cl)N1CCC(C(O)c2ccccc2)CC1. The van der Waals surface area contributed by atoms with Gasteiger partial charge in [0.25, 0.3) is 5.91 Å². The highest BCUT2D eigenvalue weighted by Crippen LogP contribution is 2.32. The molecule has 1 amide bonds. The first-order valence-electron chi connectivity index (χ1n) is 10.6. The van der Waals surface area contributed by atoms with Crippen LogP contribution in [-0.2, 0) is 4.79 Å². The molecule has 5 heteroatoms. The van der Waals surface area contributed by atoms with Crippen molar-refractivity contribution in [2.75, 3.05) is 19.7 Å². The predicted octanol–water partition coefficient (Wildman–Crippen LogP) is 5.36. The first kappa shape index (κ1) is 21.4. The number of benzene rings is 3. The Kier molecular flexibility index (Phi) is 6.90. The van der Waals surface area contributed by atoms with Crippen LogP contribution in [0.15, 0.2) is 78.9 Å². The summed E-state index contributed by atoms with van der Waals surface area (Å²) in [5.74, 6) is 0.604. The van der Waals surface area contributed by atoms with E-state index in [1.807, 2.05) is 72.8 Å². The number of hydrogen-bond acceptors (Lipinski definition) is 3. The van der Waals surface area contributed by atoms with Crippen LogP contribution in [0.2, 0.25) is 5.02 Å². The lowest BCUT2D eigenvalue weighted by atomic mass is 9.87. The van der Waals surface area contributed by atoms with Gasteiger partial charge in [-0.3, -0.25) is 4.79 Å². The average Bonchev–Trinajstić information content (AvgIpc) is 2.84. The molecule has 4 nitrogen and oxygen atoms in total. The lowest BCUT2D eigenvalue weighted by Gasteiger charge is -2.34. The molecule has 1 heterocycles. The molecule has 3 aromatic carbocycles. The second-order valence-corrected chi connectivity index (χ2v) is 8.28. The zero-order valence-electron chi connectivity index (χ0n) is 17.3. The van der Waals surface area contributed by atoms with E-state index in [2.05, 4.69) is 0 Å². The number of amides is 1. The summed E-state index contributed by atoms with van der Waals surface area (Å²) < 4.78 is 5.71. The van der Waals surface area contributed by atoms with Gasteiger partial charge in [-0.15, -0.1) is 0 Å². The van der Waals surface area contributed by atoms with Crippen LogP contribution in [0.4, 0.5) is 0 Å². The maximum absolute atomic E-state index is 12.6. The molecule has 0 radical (unpaired) electrons. The maximum atomic E-state index is 12.6. The molecule has 1 fully saturated rings. The van der Waals surface area contributed by atoms with Gasteiger partial charge in [0.2, 0.25) is 0 Å². The summed E-state index contributed by atoms with van der Waals surface area (Å²) >= 11 is 6.38. The van der Waals surface area contributed by atoms with Gasteiger partial charge in [-0.1, -0.05) is 78.3 Å². The minimum Gasteiger partial charge on any atom is -0.482 e. The molecule has 1 aliphatic heterocycles. The first-order valence-corrected chi connectivity index (χ1v) is 11.0. The van der Waals surface area contributed by atoms with E-state index in [9.17, 15) is 9.90 Å². The number of nitrogens with zero attached hydrogens (tertiary/aromatic N) is 1. The predicted molar refractivity (Wildman–Crippen MR) is 123 cm³/mol. The molecule has 1 unspecified atom stereocenters. The fourth-order valence-electron chi connectivity index (χ4n) is 4.05. The van der Waals surface area contributed by atoms with Gasteiger partial charge in [-0.05, 0) is 47.6 Å². The molecule has 1 saturated heterocycles. The summed E-state index contributed by atoms with van der Waals surface area (Å²) in [7, 11) is 0. The van der Waals surface area contributed by atoms with Gasteiger partial charge >= 0.3 is 0 Å². The first-order chi connectivity index (χ1) is 15.1. The summed E-state index contributed by atoms with van der Waals surface area (Å²) in [5.41, 5.74) is 3.01. The van der Waals surface area contributed by atoms with Gasteiger partial charge < -0.3 is 14.7 Å². The third-order valence-corrected chi connectivity index (χ3v) is 6.17. The van der Waals surface area contributed by atoms with Gasteiger partial charge in [0, 0.05) is 13.1 Å². The lowest BCUT2D eigenvalue weighted by Crippen LogP contribution is -2.42. The highest BCUT2D eigenvalue weighted by molar-refractivity contribution is 6.32. The fraction of sp³-hybridized carbons (Fsp3) is 0.269. The number of carbonyl (C=O) groups excluding carboxylic acids is 1. The number of ether oxygens (including phenoxy) is 1. The van der Waals surface area contributed by atoms with Gasteiger partial charge in [0.15, 0.2) is 6.61 Å². The second-order valence-electron chi connectivity index (χ2n) is 7.87. The molecule has 0 aromatic heterocycles. The summed E-state index contributed by atoms with van der Waals surface area (Å²) in [5, 5.41) is 11.1. The van der Waals surface area contributed by atoms with Crippen LogP contribution >= 0.6 is 11.6 Å². The Hall–Kier alpha value is -2.82. The third kappa shape index (κ3) is 5.27. The van der Waals surface area contributed by atoms with Gasteiger partial charge in [-0.2, -0.15) is 0 Å². The molecule has 31 heavy (non-hydrogen) atoms. The van der Waals surface area contributed by atoms with E-state index < -0.39 is 6.10 Å². The number of hydrogen-bond donors (Lipinski definition) is 1. The lowest BCUT2D eigenvalue weighted by molar-refractivity contribution is -0.135. The van der Waals surface area contributed by atoms with E-state index in [-0.39, 0.29) is 18.4 Å². The number of likely N-dealkylation sites (tertiary alicyclic amines) is 1. The zero-order chi connectivity index (χ0) is 21.6. The molecular weight excluding hydrogens is 410 g/mol. The average molecular weight is 436 g/mol. The van der Waals surface area contributed by atoms with Crippen LogP contribution in [0.5, 0.6) is 5.75 Å². The molecule has 0 aliphatic carbocycles. The molecule has 160 valence electrons. The summed E-state index contributed by atoms with van der Waals surface area (Å²) in [6, 6.07) is 25.3. The number of halogens is 1. The minimum absolute atomic E-state index is 0.0453. The maximum Gasteiger partial charge on any atom is 0.260 e. The Labute approximate surface area is 188 Å². The van der Waals surface area contributed by atoms with Crippen molar-refractivity contribution in [3.8, 4) is 16.9 Å². The quantitative estimate of drug-likeness (QED) is 0.567. The highest BCUT2D eigenvalue weighted by Gasteiger charge is 2.28. The summed E-state index contributed by atoms with van der Waals surface area (Å²) in [6.45, 7) is 1.20. The molecule has 0 bridgehead atoms. The highest BCUT2D eigenvalue weighted by atomic mass is 35.5. The number of aliphatic hydroxyl groups is 1. The smallest absolute Gasteiger partial charge is 0.260 e. The monoisotopic (exact) mass is 435 g/mol. The number of piperidine rings is 1. The largest absolute Gasteiger partial charge is 0.482 e. The molecule has 3 aromatic rings. The molecule has 1 aliphatic rings. The van der Waals surface area contributed by atoms with Gasteiger partial charge in [-0.25, -0.2) is 0 Å². The van der Waals surface area contributed by atoms with Crippen LogP contribution in [0.3, 0.4) is 0 Å². The van der Waals surface area contributed by atoms with Crippen LogP contribution in [-0.4, -0.2) is 35.6 Å². The van der Waals surface area contributed by atoms with E-state index in [1.54, 1.807) is 11.0 Å². The van der Waals surface area contributed by atoms with Crippen LogP contribution in [0.25, 0.3) is 11.1 Å². The molecule has 1 atom stereocenters. The van der Waals surface area contributed by atoms with Crippen molar-refractivity contribution in [3.05, 3.63) is 89.4 Å². The summed E-state index contributed by atoms with van der Waals surface area (Å²) in [4.78, 5) is 14.4. The Balaban J connectivity index is 1.29. The van der Waals surface area contributed by atoms with Gasteiger partial charge in [0.1, 0.15) is 5.75 Å². The van der Waals surface area contributed by atoms with E-state index in [1.165, 1.54) is 0 Å². The van der Waals surface area contributed by atoms with Crippen LogP contribution in [0.1, 0.15) is 24.5 Å². The number of aliphatic hydroxyl groups excluding tert-OH is 1. The van der Waals surface area contributed by atoms with E-state index in [0.29, 0.717) is 23.9 Å². The van der Waals surface area contributed by atoms with Crippen molar-refractivity contribution in [2.24, 2.45) is 5.92 Å². The fourth-order valence-corrected chi connectivity index (χ4v) is 4.28. The zero-order valence-corrected chi connectivity index (χ0v) is 18.0. The van der Waals surface area contributed by atoms with Crippen molar-refractivity contribution >= 4 is 17.5 Å². The minimum atomic E-state index is -0.489. The van der Waals surface area contributed by atoms with Gasteiger partial charge in [0.05, 0.1) is 11.1 Å². The van der Waals surface area contributed by atoms with Crippen molar-refractivity contribution in [1.82, 2.24) is 4.90 Å². The van der Waals surface area contributed by atoms with Crippen LogP contribution in [0, 0.1) is 5.92 Å². The second kappa shape index (κ2) is 9.99.